The number of amides is 1. The van der Waals surface area contributed by atoms with E-state index in [0.29, 0.717) is 11.3 Å². The first kappa shape index (κ1) is 15.0. The van der Waals surface area contributed by atoms with Crippen LogP contribution in [0.3, 0.4) is 0 Å². The summed E-state index contributed by atoms with van der Waals surface area (Å²) in [4.78, 5) is 23.3. The summed E-state index contributed by atoms with van der Waals surface area (Å²) in [6.45, 7) is 5.44. The van der Waals surface area contributed by atoms with Gasteiger partial charge in [0.1, 0.15) is 5.75 Å². The molecule has 21 heavy (non-hydrogen) atoms. The zero-order chi connectivity index (χ0) is 15.4. The third-order valence-corrected chi connectivity index (χ3v) is 3.15. The summed E-state index contributed by atoms with van der Waals surface area (Å²) in [5.74, 6) is 0.227. The van der Waals surface area contributed by atoms with Gasteiger partial charge in [-0.15, -0.1) is 0 Å². The molecule has 2 aromatic rings. The molecule has 1 amide bonds. The van der Waals surface area contributed by atoms with E-state index in [1.54, 1.807) is 13.0 Å². The van der Waals surface area contributed by atoms with Crippen molar-refractivity contribution in [3.8, 4) is 5.75 Å². The Morgan fingerprint density at radius 1 is 1.14 bits per heavy atom. The van der Waals surface area contributed by atoms with Crippen molar-refractivity contribution in [1.82, 2.24) is 5.32 Å². The van der Waals surface area contributed by atoms with Crippen LogP contribution in [-0.2, 0) is 4.79 Å². The molecule has 4 nitrogen and oxygen atoms in total. The predicted octanol–water partition coefficient (Wildman–Crippen LogP) is 2.94. The number of nitrogens with one attached hydrogen (secondary N) is 1. The van der Waals surface area contributed by atoms with Gasteiger partial charge in [0.05, 0.1) is 5.56 Å². The summed E-state index contributed by atoms with van der Waals surface area (Å²) in [5.41, 5.74) is 0.470. The fourth-order valence-electron chi connectivity index (χ4n) is 2.15. The molecule has 1 atom stereocenters. The van der Waals surface area contributed by atoms with Gasteiger partial charge in [0.2, 0.25) is 0 Å². The van der Waals surface area contributed by atoms with Gasteiger partial charge in [0, 0.05) is 6.04 Å². The number of benzene rings is 2. The van der Waals surface area contributed by atoms with Crippen molar-refractivity contribution in [2.45, 2.75) is 32.9 Å². The second-order valence-electron chi connectivity index (χ2n) is 5.24. The van der Waals surface area contributed by atoms with Gasteiger partial charge in [-0.05, 0) is 37.6 Å². The Morgan fingerprint density at radius 2 is 1.86 bits per heavy atom. The second kappa shape index (κ2) is 6.39. The van der Waals surface area contributed by atoms with E-state index < -0.39 is 6.10 Å². The van der Waals surface area contributed by atoms with E-state index in [1.165, 1.54) is 0 Å². The SMILES string of the molecule is CC(C)NC(=O)C(C)Oc1ccc2ccccc2c1C=O. The maximum absolute atomic E-state index is 11.9. The molecule has 0 radical (unpaired) electrons. The van der Waals surface area contributed by atoms with Crippen molar-refractivity contribution in [1.29, 1.82) is 0 Å². The molecule has 0 fully saturated rings. The molecular formula is C17H19NO3. The summed E-state index contributed by atoms with van der Waals surface area (Å²) >= 11 is 0. The van der Waals surface area contributed by atoms with Crippen molar-refractivity contribution in [3.05, 3.63) is 42.0 Å². The van der Waals surface area contributed by atoms with E-state index in [2.05, 4.69) is 5.32 Å². The molecule has 1 unspecified atom stereocenters. The molecule has 4 heteroatoms. The lowest BCUT2D eigenvalue weighted by Crippen LogP contribution is -2.40. The summed E-state index contributed by atoms with van der Waals surface area (Å²) < 4.78 is 5.66. The molecule has 0 bridgehead atoms. The molecule has 0 aliphatic carbocycles. The number of carbonyl (C=O) groups excluding carboxylic acids is 2. The average molecular weight is 285 g/mol. The van der Waals surface area contributed by atoms with E-state index >= 15 is 0 Å². The minimum absolute atomic E-state index is 0.0469. The fraction of sp³-hybridized carbons (Fsp3) is 0.294. The molecule has 0 aliphatic heterocycles. The van der Waals surface area contributed by atoms with Crippen LogP contribution < -0.4 is 10.1 Å². The quantitative estimate of drug-likeness (QED) is 0.859. The number of ether oxygens (including phenoxy) is 1. The van der Waals surface area contributed by atoms with Crippen molar-refractivity contribution >= 4 is 23.0 Å². The lowest BCUT2D eigenvalue weighted by molar-refractivity contribution is -0.127. The van der Waals surface area contributed by atoms with Crippen molar-refractivity contribution in [2.75, 3.05) is 0 Å². The maximum Gasteiger partial charge on any atom is 0.260 e. The molecule has 0 aromatic heterocycles. The summed E-state index contributed by atoms with van der Waals surface area (Å²) in [5, 5.41) is 4.57. The second-order valence-corrected chi connectivity index (χ2v) is 5.24. The average Bonchev–Trinajstić information content (AvgIpc) is 2.46. The minimum Gasteiger partial charge on any atom is -0.480 e. The summed E-state index contributed by atoms with van der Waals surface area (Å²) in [6, 6.07) is 11.2. The number of fused-ring (bicyclic) bond motifs is 1. The Hall–Kier alpha value is -2.36. The monoisotopic (exact) mass is 285 g/mol. The summed E-state index contributed by atoms with van der Waals surface area (Å²) in [6.07, 6.45) is 0.109. The van der Waals surface area contributed by atoms with Crippen molar-refractivity contribution in [3.63, 3.8) is 0 Å². The van der Waals surface area contributed by atoms with Gasteiger partial charge in [-0.25, -0.2) is 0 Å². The van der Waals surface area contributed by atoms with Gasteiger partial charge < -0.3 is 10.1 Å². The lowest BCUT2D eigenvalue weighted by Gasteiger charge is -2.18. The first-order chi connectivity index (χ1) is 10.0. The molecular weight excluding hydrogens is 266 g/mol. The molecule has 0 aliphatic rings. The standard InChI is InChI=1S/C17H19NO3/c1-11(2)18-17(20)12(3)21-16-9-8-13-6-4-5-7-14(13)15(16)10-19/h4-12H,1-3H3,(H,18,20). The number of aldehydes is 1. The van der Waals surface area contributed by atoms with Crippen LogP contribution in [0.5, 0.6) is 5.75 Å². The molecule has 1 N–H and O–H groups in total. The van der Waals surface area contributed by atoms with E-state index in [-0.39, 0.29) is 11.9 Å². The van der Waals surface area contributed by atoms with Gasteiger partial charge >= 0.3 is 0 Å². The molecule has 110 valence electrons. The van der Waals surface area contributed by atoms with Gasteiger partial charge in [-0.1, -0.05) is 30.3 Å². The lowest BCUT2D eigenvalue weighted by atomic mass is 10.0. The first-order valence-corrected chi connectivity index (χ1v) is 6.97. The molecule has 2 rings (SSSR count). The van der Waals surface area contributed by atoms with Crippen molar-refractivity contribution in [2.24, 2.45) is 0 Å². The first-order valence-electron chi connectivity index (χ1n) is 6.97. The largest absolute Gasteiger partial charge is 0.480 e. The topological polar surface area (TPSA) is 55.4 Å². The highest BCUT2D eigenvalue weighted by molar-refractivity contribution is 6.00. The van der Waals surface area contributed by atoms with E-state index in [0.717, 1.165) is 17.1 Å². The maximum atomic E-state index is 11.9. The number of hydrogen-bond acceptors (Lipinski definition) is 3. The molecule has 0 spiro atoms. The van der Waals surface area contributed by atoms with Crippen molar-refractivity contribution < 1.29 is 14.3 Å². The third kappa shape index (κ3) is 3.40. The number of carbonyl (C=O) groups is 2. The smallest absolute Gasteiger partial charge is 0.260 e. The van der Waals surface area contributed by atoms with Gasteiger partial charge in [-0.3, -0.25) is 9.59 Å². The Balaban J connectivity index is 2.30. The van der Waals surface area contributed by atoms with Gasteiger partial charge in [0.15, 0.2) is 12.4 Å². The van der Waals surface area contributed by atoms with E-state index in [9.17, 15) is 9.59 Å². The highest BCUT2D eigenvalue weighted by atomic mass is 16.5. The third-order valence-electron chi connectivity index (χ3n) is 3.15. The molecule has 0 saturated carbocycles. The Bertz CT molecular complexity index is 664. The van der Waals surface area contributed by atoms with Crippen LogP contribution in [0.25, 0.3) is 10.8 Å². The van der Waals surface area contributed by atoms with Crippen LogP contribution in [0.1, 0.15) is 31.1 Å². The van der Waals surface area contributed by atoms with E-state index in [1.807, 2.05) is 44.2 Å². The molecule has 0 saturated heterocycles. The van der Waals surface area contributed by atoms with Crippen LogP contribution in [0.15, 0.2) is 36.4 Å². The van der Waals surface area contributed by atoms with Crippen LogP contribution in [0, 0.1) is 0 Å². The highest BCUT2D eigenvalue weighted by Gasteiger charge is 2.17. The Morgan fingerprint density at radius 3 is 2.52 bits per heavy atom. The highest BCUT2D eigenvalue weighted by Crippen LogP contribution is 2.27. The van der Waals surface area contributed by atoms with Crippen LogP contribution in [-0.4, -0.2) is 24.3 Å². The molecule has 2 aromatic carbocycles. The zero-order valence-corrected chi connectivity index (χ0v) is 12.4. The number of hydrogen-bond donors (Lipinski definition) is 1. The van der Waals surface area contributed by atoms with E-state index in [4.69, 9.17) is 4.74 Å². The Kier molecular flexibility index (Phi) is 4.58. The van der Waals surface area contributed by atoms with Gasteiger partial charge in [-0.2, -0.15) is 0 Å². The summed E-state index contributed by atoms with van der Waals surface area (Å²) in [7, 11) is 0. The van der Waals surface area contributed by atoms with Crippen LogP contribution in [0.4, 0.5) is 0 Å². The molecule has 0 heterocycles. The van der Waals surface area contributed by atoms with Gasteiger partial charge in [0.25, 0.3) is 5.91 Å². The Labute approximate surface area is 124 Å². The number of rotatable bonds is 5. The predicted molar refractivity (Wildman–Crippen MR) is 82.7 cm³/mol. The fourth-order valence-corrected chi connectivity index (χ4v) is 2.15. The normalized spacial score (nSPS) is 12.2. The zero-order valence-electron chi connectivity index (χ0n) is 12.4. The minimum atomic E-state index is -0.660. The van der Waals surface area contributed by atoms with Crippen LogP contribution >= 0.6 is 0 Å². The van der Waals surface area contributed by atoms with Crippen LogP contribution in [0.2, 0.25) is 0 Å².